The van der Waals surface area contributed by atoms with Gasteiger partial charge in [-0.05, 0) is 50.1 Å². The number of nitrogens with zero attached hydrogens (tertiary/aromatic N) is 1. The Morgan fingerprint density at radius 2 is 1.86 bits per heavy atom. The first-order valence-electron chi connectivity index (χ1n) is 9.26. The number of nitrogens with one attached hydrogen (secondary N) is 3. The predicted molar refractivity (Wildman–Crippen MR) is 107 cm³/mol. The number of aliphatic imine (C=N–C) groups is 1. The molecule has 2 aromatic carbocycles. The summed E-state index contributed by atoms with van der Waals surface area (Å²) in [5, 5.41) is 8.96. The SMILES string of the molecule is CCNC(=NCCNC(=O)c1ccccc1F)NC(C)c1ccc(C)c(F)c1. The number of rotatable bonds is 7. The van der Waals surface area contributed by atoms with Crippen LogP contribution in [0.15, 0.2) is 47.5 Å². The average Bonchev–Trinajstić information content (AvgIpc) is 2.67. The van der Waals surface area contributed by atoms with Crippen LogP contribution < -0.4 is 16.0 Å². The lowest BCUT2D eigenvalue weighted by molar-refractivity contribution is 0.0951. The maximum absolute atomic E-state index is 13.8. The minimum atomic E-state index is -0.558. The molecule has 0 aromatic heterocycles. The van der Waals surface area contributed by atoms with Gasteiger partial charge in [-0.25, -0.2) is 8.78 Å². The van der Waals surface area contributed by atoms with Crippen molar-refractivity contribution < 1.29 is 13.6 Å². The van der Waals surface area contributed by atoms with Crippen LogP contribution in [0, 0.1) is 18.6 Å². The van der Waals surface area contributed by atoms with Gasteiger partial charge in [-0.15, -0.1) is 0 Å². The number of carbonyl (C=O) groups excluding carboxylic acids is 1. The zero-order valence-corrected chi connectivity index (χ0v) is 16.4. The number of aryl methyl sites for hydroxylation is 1. The predicted octanol–water partition coefficient (Wildman–Crippen LogP) is 3.32. The molecule has 1 atom stereocenters. The smallest absolute Gasteiger partial charge is 0.254 e. The molecule has 0 fully saturated rings. The maximum atomic E-state index is 13.8. The second kappa shape index (κ2) is 10.4. The van der Waals surface area contributed by atoms with E-state index in [9.17, 15) is 13.6 Å². The third kappa shape index (κ3) is 6.04. The summed E-state index contributed by atoms with van der Waals surface area (Å²) in [5.74, 6) is -0.729. The summed E-state index contributed by atoms with van der Waals surface area (Å²) in [6.45, 7) is 6.80. The van der Waals surface area contributed by atoms with Gasteiger partial charge in [0.05, 0.1) is 18.2 Å². The van der Waals surface area contributed by atoms with Gasteiger partial charge in [0.25, 0.3) is 5.91 Å². The van der Waals surface area contributed by atoms with Crippen molar-refractivity contribution in [3.63, 3.8) is 0 Å². The number of guanidine groups is 1. The number of hydrogen-bond acceptors (Lipinski definition) is 2. The van der Waals surface area contributed by atoms with E-state index in [1.54, 1.807) is 19.1 Å². The molecule has 1 unspecified atom stereocenters. The highest BCUT2D eigenvalue weighted by Crippen LogP contribution is 2.16. The van der Waals surface area contributed by atoms with Crippen molar-refractivity contribution in [3.8, 4) is 0 Å². The number of halogens is 2. The summed E-state index contributed by atoms with van der Waals surface area (Å²) in [6.07, 6.45) is 0. The molecule has 150 valence electrons. The standard InChI is InChI=1S/C21H26F2N4O/c1-4-24-21(27-15(3)16-10-9-14(2)19(23)13-16)26-12-11-25-20(28)17-7-5-6-8-18(17)22/h5-10,13,15H,4,11-12H2,1-3H3,(H,25,28)(H2,24,26,27). The monoisotopic (exact) mass is 388 g/mol. The number of benzene rings is 2. The van der Waals surface area contributed by atoms with Crippen molar-refractivity contribution >= 4 is 11.9 Å². The van der Waals surface area contributed by atoms with E-state index in [1.807, 2.05) is 19.9 Å². The van der Waals surface area contributed by atoms with Gasteiger partial charge in [0.15, 0.2) is 5.96 Å². The van der Waals surface area contributed by atoms with E-state index in [0.29, 0.717) is 24.6 Å². The number of carbonyl (C=O) groups is 1. The van der Waals surface area contributed by atoms with Gasteiger partial charge in [-0.1, -0.05) is 24.3 Å². The van der Waals surface area contributed by atoms with Crippen molar-refractivity contribution in [2.75, 3.05) is 19.6 Å². The van der Waals surface area contributed by atoms with Gasteiger partial charge in [0, 0.05) is 13.1 Å². The molecule has 0 saturated carbocycles. The van der Waals surface area contributed by atoms with Crippen molar-refractivity contribution in [2.24, 2.45) is 4.99 Å². The molecule has 0 aliphatic heterocycles. The van der Waals surface area contributed by atoms with Gasteiger partial charge in [0.1, 0.15) is 11.6 Å². The minimum absolute atomic E-state index is 0.00605. The van der Waals surface area contributed by atoms with E-state index in [2.05, 4.69) is 20.9 Å². The lowest BCUT2D eigenvalue weighted by Crippen LogP contribution is -2.39. The highest BCUT2D eigenvalue weighted by atomic mass is 19.1. The molecule has 28 heavy (non-hydrogen) atoms. The summed E-state index contributed by atoms with van der Waals surface area (Å²) in [4.78, 5) is 16.4. The third-order valence-electron chi connectivity index (χ3n) is 4.18. The molecule has 0 spiro atoms. The van der Waals surface area contributed by atoms with Crippen LogP contribution in [-0.4, -0.2) is 31.5 Å². The molecule has 1 amide bonds. The molecular weight excluding hydrogens is 362 g/mol. The van der Waals surface area contributed by atoms with Crippen molar-refractivity contribution in [2.45, 2.75) is 26.8 Å². The maximum Gasteiger partial charge on any atom is 0.254 e. The molecule has 3 N–H and O–H groups in total. The van der Waals surface area contributed by atoms with Crippen LogP contribution in [0.5, 0.6) is 0 Å². The quantitative estimate of drug-likeness (QED) is 0.387. The van der Waals surface area contributed by atoms with Crippen LogP contribution in [0.3, 0.4) is 0 Å². The molecule has 0 aliphatic rings. The molecule has 0 heterocycles. The highest BCUT2D eigenvalue weighted by molar-refractivity contribution is 5.94. The Morgan fingerprint density at radius 1 is 1.11 bits per heavy atom. The molecule has 0 bridgehead atoms. The zero-order valence-electron chi connectivity index (χ0n) is 16.4. The number of amides is 1. The summed E-state index contributed by atoms with van der Waals surface area (Å²) < 4.78 is 27.4. The Morgan fingerprint density at radius 3 is 2.54 bits per heavy atom. The lowest BCUT2D eigenvalue weighted by atomic mass is 10.1. The van der Waals surface area contributed by atoms with E-state index in [4.69, 9.17) is 0 Å². The van der Waals surface area contributed by atoms with Crippen LogP contribution in [-0.2, 0) is 0 Å². The van der Waals surface area contributed by atoms with Crippen molar-refractivity contribution in [1.82, 2.24) is 16.0 Å². The van der Waals surface area contributed by atoms with E-state index >= 15 is 0 Å². The molecule has 0 radical (unpaired) electrons. The van der Waals surface area contributed by atoms with Crippen LogP contribution in [0.25, 0.3) is 0 Å². The molecule has 0 saturated heterocycles. The van der Waals surface area contributed by atoms with Gasteiger partial charge < -0.3 is 16.0 Å². The largest absolute Gasteiger partial charge is 0.357 e. The van der Waals surface area contributed by atoms with E-state index in [-0.39, 0.29) is 24.0 Å². The van der Waals surface area contributed by atoms with E-state index < -0.39 is 11.7 Å². The molecule has 2 aromatic rings. The Hall–Kier alpha value is -2.96. The first kappa shape index (κ1) is 21.3. The van der Waals surface area contributed by atoms with Gasteiger partial charge in [-0.2, -0.15) is 0 Å². The summed E-state index contributed by atoms with van der Waals surface area (Å²) >= 11 is 0. The Labute approximate surface area is 164 Å². The summed E-state index contributed by atoms with van der Waals surface area (Å²) in [5.41, 5.74) is 1.41. The van der Waals surface area contributed by atoms with Crippen LogP contribution in [0.4, 0.5) is 8.78 Å². The number of hydrogen-bond donors (Lipinski definition) is 3. The fourth-order valence-corrected chi connectivity index (χ4v) is 2.56. The Kier molecular flexibility index (Phi) is 7.92. The van der Waals surface area contributed by atoms with Crippen LogP contribution in [0.2, 0.25) is 0 Å². The Balaban J connectivity index is 1.91. The fourth-order valence-electron chi connectivity index (χ4n) is 2.56. The van der Waals surface area contributed by atoms with Gasteiger partial charge in [0.2, 0.25) is 0 Å². The Bertz CT molecular complexity index is 839. The topological polar surface area (TPSA) is 65.5 Å². The first-order chi connectivity index (χ1) is 13.4. The second-order valence-corrected chi connectivity index (χ2v) is 6.37. The molecule has 0 aliphatic carbocycles. The van der Waals surface area contributed by atoms with Crippen LogP contribution >= 0.6 is 0 Å². The summed E-state index contributed by atoms with van der Waals surface area (Å²) in [6, 6.07) is 10.8. The molecule has 2 rings (SSSR count). The molecule has 5 nitrogen and oxygen atoms in total. The van der Waals surface area contributed by atoms with E-state index in [1.165, 1.54) is 24.3 Å². The van der Waals surface area contributed by atoms with E-state index in [0.717, 1.165) is 5.56 Å². The average molecular weight is 388 g/mol. The minimum Gasteiger partial charge on any atom is -0.357 e. The summed E-state index contributed by atoms with van der Waals surface area (Å²) in [7, 11) is 0. The van der Waals surface area contributed by atoms with Gasteiger partial charge in [-0.3, -0.25) is 9.79 Å². The lowest BCUT2D eigenvalue weighted by Gasteiger charge is -2.18. The van der Waals surface area contributed by atoms with Crippen molar-refractivity contribution in [3.05, 3.63) is 70.8 Å². The van der Waals surface area contributed by atoms with Gasteiger partial charge >= 0.3 is 0 Å². The normalized spacial score (nSPS) is 12.4. The third-order valence-corrected chi connectivity index (χ3v) is 4.18. The molecular formula is C21H26F2N4O. The molecule has 7 heteroatoms. The fraction of sp³-hybridized carbons (Fsp3) is 0.333. The first-order valence-corrected chi connectivity index (χ1v) is 9.26. The van der Waals surface area contributed by atoms with Crippen LogP contribution in [0.1, 0.15) is 41.4 Å². The highest BCUT2D eigenvalue weighted by Gasteiger charge is 2.11. The van der Waals surface area contributed by atoms with Crippen molar-refractivity contribution in [1.29, 1.82) is 0 Å². The zero-order chi connectivity index (χ0) is 20.5. The second-order valence-electron chi connectivity index (χ2n) is 6.37.